The summed E-state index contributed by atoms with van der Waals surface area (Å²) in [5.74, 6) is 1.27. The molecule has 4 nitrogen and oxygen atoms in total. The summed E-state index contributed by atoms with van der Waals surface area (Å²) < 4.78 is 0. The number of hydrogen-bond donors (Lipinski definition) is 2. The van der Waals surface area contributed by atoms with Crippen molar-refractivity contribution >= 4 is 11.6 Å². The van der Waals surface area contributed by atoms with Crippen molar-refractivity contribution in [3.63, 3.8) is 0 Å². The maximum Gasteiger partial charge on any atom is 0.131 e. The number of nitrogen functional groups attached to an aromatic ring is 1. The summed E-state index contributed by atoms with van der Waals surface area (Å²) in [6.07, 6.45) is 2.49. The largest absolute Gasteiger partial charge is 0.384 e. The van der Waals surface area contributed by atoms with Crippen LogP contribution in [0.25, 0.3) is 0 Å². The smallest absolute Gasteiger partial charge is 0.131 e. The minimum absolute atomic E-state index is 0.0425. The van der Waals surface area contributed by atoms with Crippen molar-refractivity contribution in [1.29, 1.82) is 0 Å². The first kappa shape index (κ1) is 9.77. The molecule has 0 aliphatic heterocycles. The predicted molar refractivity (Wildman–Crippen MR) is 54.4 cm³/mol. The quantitative estimate of drug-likeness (QED) is 0.742. The lowest BCUT2D eigenvalue weighted by molar-refractivity contribution is 0.545. The van der Waals surface area contributed by atoms with Gasteiger partial charge in [0.2, 0.25) is 0 Å². The van der Waals surface area contributed by atoms with E-state index in [-0.39, 0.29) is 5.54 Å². The van der Waals surface area contributed by atoms with Crippen LogP contribution in [0, 0.1) is 0 Å². The number of nitrogens with one attached hydrogen (secondary N) is 1. The average Bonchev–Trinajstić information content (AvgIpc) is 2.03. The van der Waals surface area contributed by atoms with E-state index in [1.165, 1.54) is 6.33 Å². The van der Waals surface area contributed by atoms with Gasteiger partial charge < -0.3 is 11.1 Å². The van der Waals surface area contributed by atoms with E-state index in [0.717, 1.165) is 12.2 Å². The lowest BCUT2D eigenvalue weighted by atomic mass is 10.0. The Hall–Kier alpha value is -1.32. The fourth-order valence-electron chi connectivity index (χ4n) is 0.876. The van der Waals surface area contributed by atoms with Gasteiger partial charge >= 0.3 is 0 Å². The van der Waals surface area contributed by atoms with Gasteiger partial charge in [-0.15, -0.1) is 0 Å². The van der Waals surface area contributed by atoms with Gasteiger partial charge in [0.25, 0.3) is 0 Å². The molecule has 3 N–H and O–H groups in total. The molecule has 0 spiro atoms. The van der Waals surface area contributed by atoms with Crippen LogP contribution in [-0.4, -0.2) is 15.5 Å². The molecule has 0 bridgehead atoms. The summed E-state index contributed by atoms with van der Waals surface area (Å²) in [6.45, 7) is 6.36. The first-order chi connectivity index (χ1) is 6.03. The van der Waals surface area contributed by atoms with E-state index in [1.54, 1.807) is 6.07 Å². The van der Waals surface area contributed by atoms with Crippen molar-refractivity contribution < 1.29 is 0 Å². The van der Waals surface area contributed by atoms with Crippen molar-refractivity contribution in [2.24, 2.45) is 0 Å². The summed E-state index contributed by atoms with van der Waals surface area (Å²) in [7, 11) is 0. The van der Waals surface area contributed by atoms with Gasteiger partial charge in [-0.25, -0.2) is 9.97 Å². The van der Waals surface area contributed by atoms with Crippen LogP contribution in [-0.2, 0) is 0 Å². The van der Waals surface area contributed by atoms with E-state index in [0.29, 0.717) is 5.82 Å². The zero-order valence-electron chi connectivity index (χ0n) is 8.33. The summed E-state index contributed by atoms with van der Waals surface area (Å²) in [6, 6.07) is 1.73. The second-order valence-corrected chi connectivity index (χ2v) is 3.69. The number of rotatable bonds is 3. The fraction of sp³-hybridized carbons (Fsp3) is 0.556. The van der Waals surface area contributed by atoms with Crippen LogP contribution < -0.4 is 11.1 Å². The van der Waals surface area contributed by atoms with Crippen molar-refractivity contribution in [2.45, 2.75) is 32.7 Å². The molecule has 0 fully saturated rings. The molecular weight excluding hydrogens is 164 g/mol. The lowest BCUT2D eigenvalue weighted by Gasteiger charge is -2.24. The second-order valence-electron chi connectivity index (χ2n) is 3.69. The predicted octanol–water partition coefficient (Wildman–Crippen LogP) is 1.66. The van der Waals surface area contributed by atoms with Crippen molar-refractivity contribution in [2.75, 3.05) is 11.1 Å². The normalized spacial score (nSPS) is 11.3. The topological polar surface area (TPSA) is 63.8 Å². The van der Waals surface area contributed by atoms with Crippen molar-refractivity contribution in [3.05, 3.63) is 12.4 Å². The molecule has 72 valence electrons. The maximum atomic E-state index is 5.53. The van der Waals surface area contributed by atoms with Crippen molar-refractivity contribution in [3.8, 4) is 0 Å². The molecular formula is C9H16N4. The van der Waals surface area contributed by atoms with Gasteiger partial charge in [0.15, 0.2) is 0 Å². The highest BCUT2D eigenvalue weighted by Crippen LogP contribution is 2.15. The molecule has 0 aliphatic carbocycles. The summed E-state index contributed by atoms with van der Waals surface area (Å²) in [5.41, 5.74) is 5.57. The highest BCUT2D eigenvalue weighted by Gasteiger charge is 2.14. The standard InChI is InChI=1S/C9H16N4/c1-4-9(2,3)13-8-5-7(10)11-6-12-8/h5-6H,4H2,1-3H3,(H3,10,11,12,13). The molecule has 0 aliphatic rings. The zero-order chi connectivity index (χ0) is 9.90. The Kier molecular flexibility index (Phi) is 2.70. The number of anilines is 2. The summed E-state index contributed by atoms with van der Waals surface area (Å²) in [5, 5.41) is 3.28. The Morgan fingerprint density at radius 1 is 1.46 bits per heavy atom. The van der Waals surface area contributed by atoms with Crippen LogP contribution in [0.4, 0.5) is 11.6 Å². The zero-order valence-corrected chi connectivity index (χ0v) is 8.33. The van der Waals surface area contributed by atoms with Crippen molar-refractivity contribution in [1.82, 2.24) is 9.97 Å². The van der Waals surface area contributed by atoms with Gasteiger partial charge in [0, 0.05) is 11.6 Å². The maximum absolute atomic E-state index is 5.53. The van der Waals surface area contributed by atoms with Crippen LogP contribution in [0.15, 0.2) is 12.4 Å². The highest BCUT2D eigenvalue weighted by molar-refractivity contribution is 5.44. The van der Waals surface area contributed by atoms with Crippen LogP contribution >= 0.6 is 0 Å². The number of nitrogens with two attached hydrogens (primary N) is 1. The Morgan fingerprint density at radius 2 is 2.15 bits per heavy atom. The molecule has 0 aromatic carbocycles. The molecule has 1 heterocycles. The minimum atomic E-state index is 0.0425. The first-order valence-corrected chi connectivity index (χ1v) is 4.39. The Morgan fingerprint density at radius 3 is 2.69 bits per heavy atom. The van der Waals surface area contributed by atoms with E-state index >= 15 is 0 Å². The molecule has 1 rings (SSSR count). The monoisotopic (exact) mass is 180 g/mol. The van der Waals surface area contributed by atoms with Gasteiger partial charge in [0.1, 0.15) is 18.0 Å². The third kappa shape index (κ3) is 2.89. The molecule has 0 radical (unpaired) electrons. The molecule has 13 heavy (non-hydrogen) atoms. The van der Waals surface area contributed by atoms with Crippen LogP contribution in [0.1, 0.15) is 27.2 Å². The molecule has 1 aromatic rings. The van der Waals surface area contributed by atoms with Crippen LogP contribution in [0.3, 0.4) is 0 Å². The van der Waals surface area contributed by atoms with Gasteiger partial charge in [0.05, 0.1) is 0 Å². The van der Waals surface area contributed by atoms with E-state index in [2.05, 4.69) is 36.1 Å². The Labute approximate surface area is 78.6 Å². The number of nitrogens with zero attached hydrogens (tertiary/aromatic N) is 2. The molecule has 1 aromatic heterocycles. The van der Waals surface area contributed by atoms with E-state index in [4.69, 9.17) is 5.73 Å². The minimum Gasteiger partial charge on any atom is -0.384 e. The summed E-state index contributed by atoms with van der Waals surface area (Å²) >= 11 is 0. The Bertz CT molecular complexity index is 283. The van der Waals surface area contributed by atoms with E-state index in [1.807, 2.05) is 0 Å². The van der Waals surface area contributed by atoms with Gasteiger partial charge in [-0.2, -0.15) is 0 Å². The lowest BCUT2D eigenvalue weighted by Crippen LogP contribution is -2.30. The van der Waals surface area contributed by atoms with E-state index in [9.17, 15) is 0 Å². The SMILES string of the molecule is CCC(C)(C)Nc1cc(N)ncn1. The molecule has 4 heteroatoms. The molecule has 0 saturated heterocycles. The molecule has 0 amide bonds. The molecule has 0 atom stereocenters. The van der Waals surface area contributed by atoms with Crippen LogP contribution in [0.2, 0.25) is 0 Å². The van der Waals surface area contributed by atoms with E-state index < -0.39 is 0 Å². The van der Waals surface area contributed by atoms with Gasteiger partial charge in [-0.1, -0.05) is 6.92 Å². The van der Waals surface area contributed by atoms with Gasteiger partial charge in [-0.3, -0.25) is 0 Å². The number of aromatic nitrogens is 2. The number of hydrogen-bond acceptors (Lipinski definition) is 4. The van der Waals surface area contributed by atoms with Gasteiger partial charge in [-0.05, 0) is 20.3 Å². The fourth-order valence-corrected chi connectivity index (χ4v) is 0.876. The second kappa shape index (κ2) is 3.60. The third-order valence-electron chi connectivity index (χ3n) is 2.04. The molecule has 0 saturated carbocycles. The van der Waals surface area contributed by atoms with Crippen LogP contribution in [0.5, 0.6) is 0 Å². The Balaban J connectivity index is 2.74. The third-order valence-corrected chi connectivity index (χ3v) is 2.04. The first-order valence-electron chi connectivity index (χ1n) is 4.39. The average molecular weight is 180 g/mol. The summed E-state index contributed by atoms with van der Waals surface area (Å²) in [4.78, 5) is 7.89. The molecule has 0 unspecified atom stereocenters. The highest BCUT2D eigenvalue weighted by atomic mass is 15.1.